The molecule has 0 unspecified atom stereocenters. The molecule has 0 heterocycles. The second-order valence-electron chi connectivity index (χ2n) is 4.52. The highest BCUT2D eigenvalue weighted by atomic mass is 35.5. The number of benzene rings is 2. The first kappa shape index (κ1) is 17.2. The Morgan fingerprint density at radius 3 is 2.62 bits per heavy atom. The Hall–Kier alpha value is -3.11. The summed E-state index contributed by atoms with van der Waals surface area (Å²) >= 11 is 5.90. The Labute approximate surface area is 142 Å². The molecule has 0 saturated carbocycles. The summed E-state index contributed by atoms with van der Waals surface area (Å²) in [6.07, 6.45) is 0. The number of hydrogen-bond donors (Lipinski definition) is 0. The van der Waals surface area contributed by atoms with Crippen LogP contribution in [0, 0.1) is 21.4 Å². The van der Waals surface area contributed by atoms with Gasteiger partial charge in [0.1, 0.15) is 0 Å². The fraction of sp³-hybridized carbons (Fsp3) is 0.125. The van der Waals surface area contributed by atoms with Crippen molar-refractivity contribution < 1.29 is 19.2 Å². The van der Waals surface area contributed by atoms with Crippen LogP contribution in [0.3, 0.4) is 0 Å². The Bertz CT molecular complexity index is 845. The molecule has 0 radical (unpaired) electrons. The Balaban J connectivity index is 2.30. The summed E-state index contributed by atoms with van der Waals surface area (Å²) in [5.41, 5.74) is 0.102. The van der Waals surface area contributed by atoms with Crippen LogP contribution in [0.4, 0.5) is 5.69 Å². The van der Waals surface area contributed by atoms with Crippen LogP contribution in [0.15, 0.2) is 36.4 Å². The van der Waals surface area contributed by atoms with Gasteiger partial charge in [-0.3, -0.25) is 10.1 Å². The number of non-ortho nitro benzene ring substituents is 1. The normalized spacial score (nSPS) is 9.88. The molecule has 0 aliphatic rings. The highest BCUT2D eigenvalue weighted by molar-refractivity contribution is 6.33. The van der Waals surface area contributed by atoms with Crippen LogP contribution in [-0.4, -0.2) is 17.5 Å². The van der Waals surface area contributed by atoms with Gasteiger partial charge in [0, 0.05) is 18.2 Å². The maximum atomic E-state index is 12.2. The molecule has 0 bridgehead atoms. The predicted molar refractivity (Wildman–Crippen MR) is 85.4 cm³/mol. The van der Waals surface area contributed by atoms with E-state index in [2.05, 4.69) is 0 Å². The summed E-state index contributed by atoms with van der Waals surface area (Å²) in [5, 5.41) is 19.5. The molecular formula is C16H11ClN2O5. The summed E-state index contributed by atoms with van der Waals surface area (Å²) in [6, 6.07) is 9.75. The van der Waals surface area contributed by atoms with Gasteiger partial charge in [-0.1, -0.05) is 11.6 Å². The summed E-state index contributed by atoms with van der Waals surface area (Å²) in [6.45, 7) is 2.07. The third-order valence-corrected chi connectivity index (χ3v) is 3.27. The molecule has 0 amide bonds. The van der Waals surface area contributed by atoms with Crippen molar-refractivity contribution in [3.63, 3.8) is 0 Å². The summed E-state index contributed by atoms with van der Waals surface area (Å²) in [7, 11) is 0. The lowest BCUT2D eigenvalue weighted by Crippen LogP contribution is -2.10. The molecule has 0 aliphatic carbocycles. The number of esters is 1. The van der Waals surface area contributed by atoms with E-state index in [0.717, 1.165) is 12.1 Å². The number of ether oxygens (including phenoxy) is 2. The molecule has 0 N–H and O–H groups in total. The molecule has 122 valence electrons. The largest absolute Gasteiger partial charge is 0.490 e. The fourth-order valence-corrected chi connectivity index (χ4v) is 2.12. The molecule has 0 atom stereocenters. The average Bonchev–Trinajstić information content (AvgIpc) is 2.56. The number of carbonyl (C=O) groups excluding carboxylic acids is 1. The van der Waals surface area contributed by atoms with Gasteiger partial charge in [0.05, 0.1) is 33.7 Å². The van der Waals surface area contributed by atoms with E-state index in [-0.39, 0.29) is 27.8 Å². The van der Waals surface area contributed by atoms with Crippen molar-refractivity contribution in [2.45, 2.75) is 6.92 Å². The smallest absolute Gasteiger partial charge is 0.345 e. The van der Waals surface area contributed by atoms with Gasteiger partial charge < -0.3 is 9.47 Å². The van der Waals surface area contributed by atoms with Crippen molar-refractivity contribution >= 4 is 23.3 Å². The minimum absolute atomic E-state index is 0.0194. The van der Waals surface area contributed by atoms with Crippen LogP contribution in [0.2, 0.25) is 5.02 Å². The van der Waals surface area contributed by atoms with Gasteiger partial charge >= 0.3 is 5.97 Å². The van der Waals surface area contributed by atoms with E-state index < -0.39 is 10.9 Å². The number of carbonyl (C=O) groups is 1. The van der Waals surface area contributed by atoms with E-state index in [1.165, 1.54) is 24.3 Å². The van der Waals surface area contributed by atoms with Crippen LogP contribution in [-0.2, 0) is 0 Å². The van der Waals surface area contributed by atoms with Crippen molar-refractivity contribution in [3.8, 4) is 17.6 Å². The second-order valence-corrected chi connectivity index (χ2v) is 4.92. The van der Waals surface area contributed by atoms with E-state index in [0.29, 0.717) is 12.2 Å². The van der Waals surface area contributed by atoms with E-state index in [9.17, 15) is 14.9 Å². The van der Waals surface area contributed by atoms with Gasteiger partial charge in [-0.2, -0.15) is 5.26 Å². The van der Waals surface area contributed by atoms with Gasteiger partial charge in [-0.05, 0) is 25.1 Å². The number of nitro groups is 1. The first-order valence-electron chi connectivity index (χ1n) is 6.79. The molecule has 8 heteroatoms. The number of halogens is 1. The van der Waals surface area contributed by atoms with Crippen molar-refractivity contribution in [3.05, 3.63) is 62.7 Å². The standard InChI is InChI=1S/C16H11ClN2O5/c1-2-23-15-7-10(9-18)3-6-14(15)24-16(20)12-5-4-11(19(21)22)8-13(12)17/h3-8H,2H2,1H3. The fourth-order valence-electron chi connectivity index (χ4n) is 1.87. The first-order chi connectivity index (χ1) is 11.5. The Kier molecular flexibility index (Phi) is 5.35. The zero-order valence-corrected chi connectivity index (χ0v) is 13.2. The number of nitriles is 1. The maximum absolute atomic E-state index is 12.2. The van der Waals surface area contributed by atoms with Crippen LogP contribution < -0.4 is 9.47 Å². The zero-order chi connectivity index (χ0) is 17.7. The van der Waals surface area contributed by atoms with Crippen molar-refractivity contribution in [2.75, 3.05) is 6.61 Å². The first-order valence-corrected chi connectivity index (χ1v) is 7.17. The molecular weight excluding hydrogens is 336 g/mol. The van der Waals surface area contributed by atoms with Crippen molar-refractivity contribution in [1.82, 2.24) is 0 Å². The molecule has 0 aromatic heterocycles. The molecule has 7 nitrogen and oxygen atoms in total. The molecule has 0 saturated heterocycles. The lowest BCUT2D eigenvalue weighted by Gasteiger charge is -2.11. The van der Waals surface area contributed by atoms with E-state index in [4.69, 9.17) is 26.3 Å². The highest BCUT2D eigenvalue weighted by Gasteiger charge is 2.18. The van der Waals surface area contributed by atoms with Gasteiger partial charge in [-0.15, -0.1) is 0 Å². The number of nitrogens with zero attached hydrogens (tertiary/aromatic N) is 2. The Morgan fingerprint density at radius 1 is 1.29 bits per heavy atom. The van der Waals surface area contributed by atoms with Crippen molar-refractivity contribution in [2.24, 2.45) is 0 Å². The van der Waals surface area contributed by atoms with Crippen LogP contribution in [0.1, 0.15) is 22.8 Å². The lowest BCUT2D eigenvalue weighted by atomic mass is 10.2. The van der Waals surface area contributed by atoms with Gasteiger partial charge in [0.15, 0.2) is 11.5 Å². The van der Waals surface area contributed by atoms with Crippen molar-refractivity contribution in [1.29, 1.82) is 5.26 Å². The Morgan fingerprint density at radius 2 is 2.04 bits per heavy atom. The van der Waals surface area contributed by atoms with E-state index >= 15 is 0 Å². The van der Waals surface area contributed by atoms with E-state index in [1.54, 1.807) is 6.92 Å². The number of nitro benzene ring substituents is 1. The molecule has 2 rings (SSSR count). The summed E-state index contributed by atoms with van der Waals surface area (Å²) in [5.74, 6) is -0.432. The molecule has 2 aromatic rings. The van der Waals surface area contributed by atoms with Gasteiger partial charge in [0.2, 0.25) is 0 Å². The number of hydrogen-bond acceptors (Lipinski definition) is 6. The predicted octanol–water partition coefficient (Wildman–Crippen LogP) is 3.74. The topological polar surface area (TPSA) is 102 Å². The molecule has 2 aromatic carbocycles. The minimum atomic E-state index is -0.791. The number of rotatable bonds is 5. The lowest BCUT2D eigenvalue weighted by molar-refractivity contribution is -0.384. The minimum Gasteiger partial charge on any atom is -0.490 e. The maximum Gasteiger partial charge on any atom is 0.345 e. The van der Waals surface area contributed by atoms with Gasteiger partial charge in [0.25, 0.3) is 5.69 Å². The highest BCUT2D eigenvalue weighted by Crippen LogP contribution is 2.30. The summed E-state index contributed by atoms with van der Waals surface area (Å²) in [4.78, 5) is 22.3. The molecule has 0 spiro atoms. The van der Waals surface area contributed by atoms with Crippen LogP contribution >= 0.6 is 11.6 Å². The monoisotopic (exact) mass is 346 g/mol. The quantitative estimate of drug-likeness (QED) is 0.353. The molecule has 24 heavy (non-hydrogen) atoms. The van der Waals surface area contributed by atoms with Gasteiger partial charge in [-0.25, -0.2) is 4.79 Å². The van der Waals surface area contributed by atoms with E-state index in [1.807, 2.05) is 6.07 Å². The third-order valence-electron chi connectivity index (χ3n) is 2.96. The molecule has 0 fully saturated rings. The summed E-state index contributed by atoms with van der Waals surface area (Å²) < 4.78 is 10.6. The average molecular weight is 347 g/mol. The zero-order valence-electron chi connectivity index (χ0n) is 12.5. The third kappa shape index (κ3) is 3.80. The van der Waals surface area contributed by atoms with Crippen LogP contribution in [0.25, 0.3) is 0 Å². The molecule has 0 aliphatic heterocycles. The van der Waals surface area contributed by atoms with Crippen LogP contribution in [0.5, 0.6) is 11.5 Å². The SMILES string of the molecule is CCOc1cc(C#N)ccc1OC(=O)c1ccc([N+](=O)[O-])cc1Cl. The second kappa shape index (κ2) is 7.44.